The number of aliphatic hydroxyl groups is 1. The molecule has 4 atom stereocenters. The number of β-amino-alcohol motifs (C(OH)–C–C–N with tert-alkyl or cyclic N) is 1. The number of amides is 3. The molecule has 2 aliphatic heterocycles. The van der Waals surface area contributed by atoms with Crippen LogP contribution in [-0.2, 0) is 14.3 Å². The molecule has 2 aliphatic rings. The molecule has 0 saturated carbocycles. The normalized spacial score (nSPS) is 19.2. The molecule has 3 amide bonds. The number of aliphatic hydroxyl groups excluding tert-OH is 1. The van der Waals surface area contributed by atoms with Crippen molar-refractivity contribution in [2.75, 3.05) is 20.2 Å². The van der Waals surface area contributed by atoms with Crippen molar-refractivity contribution >= 4 is 28.9 Å². The first-order valence-electron chi connectivity index (χ1n) is 18.9. The number of hydrogen-bond donors (Lipinski definition) is 4. The molecule has 4 heterocycles. The molecule has 0 radical (unpaired) electrons. The standard InChI is InChI=1S/C42H49N7O6/c1-24(2)36(47-40(52)54-6)39(51)49-23-31(50)20-35(49)38-44-21-32(45-38)26-11-9-25(10-12-26)27-13-14-29-19-30(16-15-28(29)18-27)33-22-43-37(46-33)34-8-7-17-48(34)41(53)55-42(3,4)5/h9-16,18-19,21-22,24,31,34-36,50H,7-8,17,20,23H2,1-6H3,(H,43,46)(H,44,45)(H,47,52)/t31-,34-,35-,36-/m0/s1. The number of carbonyl (C=O) groups excluding carboxylic acids is 3. The Kier molecular flexibility index (Phi) is 10.4. The molecule has 0 unspecified atom stereocenters. The largest absolute Gasteiger partial charge is 0.453 e. The van der Waals surface area contributed by atoms with E-state index < -0.39 is 29.9 Å². The summed E-state index contributed by atoms with van der Waals surface area (Å²) in [4.78, 5) is 57.9. The fraction of sp³-hybridized carbons (Fsp3) is 0.405. The van der Waals surface area contributed by atoms with Crippen molar-refractivity contribution in [3.63, 3.8) is 0 Å². The highest BCUT2D eigenvalue weighted by Crippen LogP contribution is 2.36. The number of fused-ring (bicyclic) bond motifs is 1. The monoisotopic (exact) mass is 747 g/mol. The fourth-order valence-electron chi connectivity index (χ4n) is 7.53. The molecule has 2 saturated heterocycles. The first-order valence-corrected chi connectivity index (χ1v) is 18.9. The Hall–Kier alpha value is -5.69. The lowest BCUT2D eigenvalue weighted by Gasteiger charge is -2.29. The van der Waals surface area contributed by atoms with E-state index in [1.54, 1.807) is 16.0 Å². The van der Waals surface area contributed by atoms with Crippen LogP contribution >= 0.6 is 0 Å². The van der Waals surface area contributed by atoms with Gasteiger partial charge in [-0.3, -0.25) is 9.69 Å². The third-order valence-corrected chi connectivity index (χ3v) is 10.3. The predicted molar refractivity (Wildman–Crippen MR) is 209 cm³/mol. The first-order chi connectivity index (χ1) is 26.3. The van der Waals surface area contributed by atoms with Crippen LogP contribution in [0.25, 0.3) is 44.4 Å². The van der Waals surface area contributed by atoms with E-state index in [4.69, 9.17) is 9.47 Å². The van der Waals surface area contributed by atoms with Gasteiger partial charge in [0, 0.05) is 25.1 Å². The Balaban J connectivity index is 1.04. The summed E-state index contributed by atoms with van der Waals surface area (Å²) < 4.78 is 10.4. The number of H-pyrrole nitrogens is 2. The average Bonchev–Trinajstić information content (AvgIpc) is 3.99. The van der Waals surface area contributed by atoms with Gasteiger partial charge in [0.1, 0.15) is 23.3 Å². The number of imidazole rings is 2. The van der Waals surface area contributed by atoms with Crippen molar-refractivity contribution in [1.82, 2.24) is 35.1 Å². The van der Waals surface area contributed by atoms with Gasteiger partial charge >= 0.3 is 12.2 Å². The van der Waals surface area contributed by atoms with Gasteiger partial charge in [-0.05, 0) is 79.1 Å². The van der Waals surface area contributed by atoms with Crippen LogP contribution in [-0.4, -0.2) is 90.9 Å². The minimum Gasteiger partial charge on any atom is -0.453 e. The summed E-state index contributed by atoms with van der Waals surface area (Å²) in [5.41, 5.74) is 5.23. The van der Waals surface area contributed by atoms with Gasteiger partial charge in [0.05, 0.1) is 49.1 Å². The molecule has 3 aromatic carbocycles. The van der Waals surface area contributed by atoms with E-state index in [1.807, 2.05) is 52.9 Å². The van der Waals surface area contributed by atoms with E-state index in [0.29, 0.717) is 18.8 Å². The lowest BCUT2D eigenvalue weighted by Crippen LogP contribution is -2.51. The zero-order valence-corrected chi connectivity index (χ0v) is 32.1. The minimum atomic E-state index is -0.800. The van der Waals surface area contributed by atoms with Crippen LogP contribution < -0.4 is 5.32 Å². The fourth-order valence-corrected chi connectivity index (χ4v) is 7.53. The van der Waals surface area contributed by atoms with Gasteiger partial charge in [-0.25, -0.2) is 19.6 Å². The Labute approximate surface area is 320 Å². The molecule has 0 spiro atoms. The van der Waals surface area contributed by atoms with Crippen LogP contribution in [0.4, 0.5) is 9.59 Å². The number of likely N-dealkylation sites (tertiary alicyclic amines) is 2. The highest BCUT2D eigenvalue weighted by Gasteiger charge is 2.41. The molecule has 2 fully saturated rings. The third-order valence-electron chi connectivity index (χ3n) is 10.3. The Bertz CT molecular complexity index is 2190. The SMILES string of the molecule is COC(=O)N[C@H](C(=O)N1C[C@@H](O)C[C@H]1c1ncc(-c2ccc(-c3ccc4cc(-c5cnc([C@@H]6CCCN6C(=O)OC(C)(C)C)[nH]5)ccc4c3)cc2)[nH]1)C(C)C. The predicted octanol–water partition coefficient (Wildman–Crippen LogP) is 7.37. The molecular formula is C42H49N7O6. The summed E-state index contributed by atoms with van der Waals surface area (Å²) in [5.74, 6) is 0.863. The second kappa shape index (κ2) is 15.2. The van der Waals surface area contributed by atoms with Crippen LogP contribution in [0.15, 0.2) is 73.1 Å². The van der Waals surface area contributed by atoms with Crippen molar-refractivity contribution in [2.45, 2.75) is 83.7 Å². The molecule has 288 valence electrons. The Morgan fingerprint density at radius 1 is 0.836 bits per heavy atom. The molecule has 4 N–H and O–H groups in total. The highest BCUT2D eigenvalue weighted by atomic mass is 16.6. The number of rotatable bonds is 8. The molecule has 0 bridgehead atoms. The van der Waals surface area contributed by atoms with Gasteiger partial charge in [0.15, 0.2) is 0 Å². The Morgan fingerprint density at radius 2 is 1.42 bits per heavy atom. The summed E-state index contributed by atoms with van der Waals surface area (Å²) in [5, 5.41) is 15.4. The number of aromatic amines is 2. The van der Waals surface area contributed by atoms with E-state index in [9.17, 15) is 19.5 Å². The number of alkyl carbamates (subject to hydrolysis) is 1. The topological polar surface area (TPSA) is 166 Å². The summed E-state index contributed by atoms with van der Waals surface area (Å²) in [6, 6.07) is 19.5. The highest BCUT2D eigenvalue weighted by molar-refractivity contribution is 5.91. The molecule has 13 heteroatoms. The maximum atomic E-state index is 13.6. The average molecular weight is 748 g/mol. The van der Waals surface area contributed by atoms with Gasteiger partial charge in [0.25, 0.3) is 0 Å². The van der Waals surface area contributed by atoms with Crippen molar-refractivity contribution < 1.29 is 29.0 Å². The maximum Gasteiger partial charge on any atom is 0.410 e. The lowest BCUT2D eigenvalue weighted by molar-refractivity contribution is -0.135. The summed E-state index contributed by atoms with van der Waals surface area (Å²) in [6.45, 7) is 10.1. The second-order valence-corrected chi connectivity index (χ2v) is 15.8. The third kappa shape index (κ3) is 8.07. The van der Waals surface area contributed by atoms with Crippen molar-refractivity contribution in [3.05, 3.63) is 84.7 Å². The van der Waals surface area contributed by atoms with E-state index in [1.165, 1.54) is 7.11 Å². The van der Waals surface area contributed by atoms with Gasteiger partial charge in [-0.2, -0.15) is 0 Å². The molecule has 13 nitrogen and oxygen atoms in total. The van der Waals surface area contributed by atoms with Gasteiger partial charge < -0.3 is 34.8 Å². The number of ether oxygens (including phenoxy) is 2. The second-order valence-electron chi connectivity index (χ2n) is 15.8. The van der Waals surface area contributed by atoms with Crippen LogP contribution in [0.2, 0.25) is 0 Å². The number of methoxy groups -OCH3 is 1. The molecule has 5 aromatic rings. The number of hydrogen-bond acceptors (Lipinski definition) is 8. The van der Waals surface area contributed by atoms with E-state index in [0.717, 1.165) is 63.1 Å². The van der Waals surface area contributed by atoms with E-state index in [-0.39, 0.29) is 30.5 Å². The molecule has 2 aromatic heterocycles. The lowest BCUT2D eigenvalue weighted by atomic mass is 9.98. The van der Waals surface area contributed by atoms with Crippen molar-refractivity contribution in [2.24, 2.45) is 5.92 Å². The van der Waals surface area contributed by atoms with Crippen LogP contribution in [0.1, 0.15) is 77.6 Å². The van der Waals surface area contributed by atoms with Crippen LogP contribution in [0.5, 0.6) is 0 Å². The number of nitrogens with zero attached hydrogens (tertiary/aromatic N) is 4. The van der Waals surface area contributed by atoms with Crippen molar-refractivity contribution in [3.8, 4) is 33.6 Å². The summed E-state index contributed by atoms with van der Waals surface area (Å²) >= 11 is 0. The molecule has 7 rings (SSSR count). The quantitative estimate of drug-likeness (QED) is 0.128. The number of aromatic nitrogens is 4. The van der Waals surface area contributed by atoms with E-state index in [2.05, 4.69) is 73.8 Å². The Morgan fingerprint density at radius 3 is 2.05 bits per heavy atom. The van der Waals surface area contributed by atoms with Gasteiger partial charge in [-0.1, -0.05) is 62.4 Å². The van der Waals surface area contributed by atoms with Gasteiger partial charge in [0.2, 0.25) is 5.91 Å². The number of carbonyl (C=O) groups is 3. The minimum absolute atomic E-state index is 0.142. The molecular weight excluding hydrogens is 699 g/mol. The zero-order valence-electron chi connectivity index (χ0n) is 32.1. The zero-order chi connectivity index (χ0) is 39.0. The van der Waals surface area contributed by atoms with E-state index >= 15 is 0 Å². The number of nitrogens with one attached hydrogen (secondary N) is 3. The first kappa shape index (κ1) is 37.6. The maximum absolute atomic E-state index is 13.6. The summed E-state index contributed by atoms with van der Waals surface area (Å²) in [6.07, 6.45) is 3.95. The summed E-state index contributed by atoms with van der Waals surface area (Å²) in [7, 11) is 1.26. The van der Waals surface area contributed by atoms with Crippen molar-refractivity contribution in [1.29, 1.82) is 0 Å². The van der Waals surface area contributed by atoms with Crippen LogP contribution in [0.3, 0.4) is 0 Å². The number of benzene rings is 3. The molecule has 0 aliphatic carbocycles. The van der Waals surface area contributed by atoms with Gasteiger partial charge in [-0.15, -0.1) is 0 Å². The van der Waals surface area contributed by atoms with Crippen LogP contribution in [0, 0.1) is 5.92 Å². The smallest absolute Gasteiger partial charge is 0.410 e. The molecule has 55 heavy (non-hydrogen) atoms.